The van der Waals surface area contributed by atoms with E-state index in [0.717, 1.165) is 116 Å². The first-order valence-corrected chi connectivity index (χ1v) is 23.6. The first-order chi connectivity index (χ1) is 29.1. The van der Waals surface area contributed by atoms with E-state index in [1.54, 1.807) is 0 Å². The van der Waals surface area contributed by atoms with Crippen LogP contribution < -0.4 is 0 Å². The van der Waals surface area contributed by atoms with Crippen LogP contribution in [-0.2, 0) is 19.1 Å². The minimum Gasteiger partial charge on any atom is -0.462 e. The average molecular weight is 815 g/mol. The molecule has 0 aliphatic rings. The zero-order chi connectivity index (χ0) is 42.8. The van der Waals surface area contributed by atoms with Crippen molar-refractivity contribution in [3.05, 3.63) is 122 Å². The highest BCUT2D eigenvalue weighted by Gasteiger charge is 2.16. The van der Waals surface area contributed by atoms with Gasteiger partial charge in [0.25, 0.3) is 0 Å². The molecule has 332 valence electrons. The quantitative estimate of drug-likeness (QED) is 0.0378. The number of esters is 2. The number of hydrogen-bond acceptors (Lipinski definition) is 5. The van der Waals surface area contributed by atoms with E-state index < -0.39 is 6.10 Å². The van der Waals surface area contributed by atoms with Crippen molar-refractivity contribution in [2.45, 2.75) is 193 Å². The van der Waals surface area contributed by atoms with Crippen LogP contribution in [0.4, 0.5) is 0 Å². The molecule has 0 aromatic rings. The Morgan fingerprint density at radius 2 is 0.729 bits per heavy atom. The van der Waals surface area contributed by atoms with Gasteiger partial charge in [-0.15, -0.1) is 0 Å². The first kappa shape index (κ1) is 55.3. The summed E-state index contributed by atoms with van der Waals surface area (Å²) < 4.78 is 10.6. The summed E-state index contributed by atoms with van der Waals surface area (Å²) >= 11 is 0. The number of carbonyl (C=O) groups is 2. The van der Waals surface area contributed by atoms with E-state index in [0.29, 0.717) is 12.8 Å². The Hall–Kier alpha value is -3.70. The molecule has 0 amide bonds. The summed E-state index contributed by atoms with van der Waals surface area (Å²) in [5.74, 6) is -0.635. The van der Waals surface area contributed by atoms with E-state index in [9.17, 15) is 14.7 Å². The van der Waals surface area contributed by atoms with Gasteiger partial charge in [-0.05, 0) is 103 Å². The van der Waals surface area contributed by atoms with Crippen molar-refractivity contribution in [2.24, 2.45) is 0 Å². The van der Waals surface area contributed by atoms with E-state index in [2.05, 4.69) is 135 Å². The number of aliphatic hydroxyl groups is 1. The molecule has 1 unspecified atom stereocenters. The lowest BCUT2D eigenvalue weighted by Crippen LogP contribution is -2.28. The zero-order valence-corrected chi connectivity index (χ0v) is 37.7. The Labute approximate surface area is 363 Å². The molecule has 0 spiro atoms. The van der Waals surface area contributed by atoms with E-state index in [1.165, 1.54) is 44.9 Å². The van der Waals surface area contributed by atoms with Gasteiger partial charge in [0.1, 0.15) is 6.61 Å². The van der Waals surface area contributed by atoms with Gasteiger partial charge in [0.2, 0.25) is 0 Å². The topological polar surface area (TPSA) is 72.8 Å². The van der Waals surface area contributed by atoms with Crippen LogP contribution in [0.2, 0.25) is 0 Å². The normalized spacial score (nSPS) is 13.3. The molecular weight excluding hydrogens is 729 g/mol. The van der Waals surface area contributed by atoms with Crippen molar-refractivity contribution >= 4 is 11.9 Å². The minimum atomic E-state index is -0.794. The second-order valence-electron chi connectivity index (χ2n) is 15.1. The fraction of sp³-hybridized carbons (Fsp3) is 0.593. The molecule has 0 heterocycles. The number of allylic oxidation sites excluding steroid dienone is 20. The monoisotopic (exact) mass is 815 g/mol. The molecular formula is C54H86O5. The Kier molecular flexibility index (Phi) is 45.6. The molecule has 0 saturated heterocycles. The van der Waals surface area contributed by atoms with Crippen molar-refractivity contribution in [3.8, 4) is 0 Å². The van der Waals surface area contributed by atoms with Crippen LogP contribution in [0, 0.1) is 0 Å². The standard InChI is InChI=1S/C54H86O5/c1-3-5-7-9-11-13-15-17-19-20-21-22-23-24-25-26-27-28-29-30-31-32-33-34-35-37-39-41-43-45-47-49-54(57)59-52(50-55)51-58-53(56)48-46-44-42-40-38-36-18-16-14-12-10-8-6-4-2/h5,7,10-13,16-19,21-22,24-25,27-28,30-31,33-34,52,55H,3-4,6,8-9,14-15,20,23,26,29,32,35-51H2,1-2H3/b7-5-,12-10-,13-11-,18-16-,19-17-,22-21-,25-24-,28-27-,31-30-,34-33-. The summed E-state index contributed by atoms with van der Waals surface area (Å²) in [5.41, 5.74) is 0. The van der Waals surface area contributed by atoms with E-state index in [1.807, 2.05) is 0 Å². The van der Waals surface area contributed by atoms with Crippen LogP contribution >= 0.6 is 0 Å². The van der Waals surface area contributed by atoms with Crippen molar-refractivity contribution < 1.29 is 24.2 Å². The van der Waals surface area contributed by atoms with E-state index >= 15 is 0 Å². The van der Waals surface area contributed by atoms with Gasteiger partial charge in [-0.3, -0.25) is 9.59 Å². The summed E-state index contributed by atoms with van der Waals surface area (Å²) in [5, 5.41) is 9.59. The smallest absolute Gasteiger partial charge is 0.306 e. The van der Waals surface area contributed by atoms with Gasteiger partial charge in [-0.2, -0.15) is 0 Å². The second-order valence-corrected chi connectivity index (χ2v) is 15.1. The molecule has 0 aromatic heterocycles. The fourth-order valence-electron chi connectivity index (χ4n) is 5.94. The number of unbranched alkanes of at least 4 members (excludes halogenated alkanes) is 13. The lowest BCUT2D eigenvalue weighted by molar-refractivity contribution is -0.161. The van der Waals surface area contributed by atoms with Gasteiger partial charge >= 0.3 is 11.9 Å². The summed E-state index contributed by atoms with van der Waals surface area (Å²) in [7, 11) is 0. The molecule has 1 N–H and O–H groups in total. The third-order valence-electron chi connectivity index (χ3n) is 9.49. The van der Waals surface area contributed by atoms with Crippen LogP contribution in [0.15, 0.2) is 122 Å². The number of hydrogen-bond donors (Lipinski definition) is 1. The summed E-state index contributed by atoms with van der Waals surface area (Å²) in [6, 6.07) is 0. The highest BCUT2D eigenvalue weighted by Crippen LogP contribution is 2.12. The molecule has 0 saturated carbocycles. The number of rotatable bonds is 41. The van der Waals surface area contributed by atoms with Gasteiger partial charge in [0.05, 0.1) is 6.61 Å². The Balaban J connectivity index is 3.65. The summed E-state index contributed by atoms with van der Waals surface area (Å²) in [6.07, 6.45) is 71.3. The molecule has 0 fully saturated rings. The highest BCUT2D eigenvalue weighted by atomic mass is 16.6. The minimum absolute atomic E-state index is 0.0870. The molecule has 0 aliphatic carbocycles. The number of carbonyl (C=O) groups excluding carboxylic acids is 2. The Morgan fingerprint density at radius 1 is 0.407 bits per heavy atom. The van der Waals surface area contributed by atoms with Crippen molar-refractivity contribution in [2.75, 3.05) is 13.2 Å². The largest absolute Gasteiger partial charge is 0.462 e. The maximum Gasteiger partial charge on any atom is 0.306 e. The third-order valence-corrected chi connectivity index (χ3v) is 9.49. The lowest BCUT2D eigenvalue weighted by atomic mass is 10.1. The molecule has 0 aromatic carbocycles. The SMILES string of the molecule is CC/C=C\C/C=C\C/C=C\C/C=C\C/C=C\C/C=C\C/C=C\C/C=C\CCCCCCCCC(=O)OC(CO)COC(=O)CCCCCCC/C=C\C/C=C\CCCC. The number of ether oxygens (including phenoxy) is 2. The van der Waals surface area contributed by atoms with Gasteiger partial charge in [-0.1, -0.05) is 193 Å². The number of aliphatic hydroxyl groups excluding tert-OH is 1. The maximum absolute atomic E-state index is 12.2. The van der Waals surface area contributed by atoms with Crippen LogP contribution in [0.25, 0.3) is 0 Å². The molecule has 59 heavy (non-hydrogen) atoms. The van der Waals surface area contributed by atoms with Gasteiger partial charge < -0.3 is 14.6 Å². The molecule has 0 aliphatic heterocycles. The highest BCUT2D eigenvalue weighted by molar-refractivity contribution is 5.70. The fourth-order valence-corrected chi connectivity index (χ4v) is 5.94. The van der Waals surface area contributed by atoms with Crippen LogP contribution in [0.3, 0.4) is 0 Å². The Bertz CT molecular complexity index is 1240. The molecule has 0 radical (unpaired) electrons. The predicted octanol–water partition coefficient (Wildman–Crippen LogP) is 15.6. The Morgan fingerprint density at radius 3 is 1.10 bits per heavy atom. The van der Waals surface area contributed by atoms with Gasteiger partial charge in [-0.25, -0.2) is 0 Å². The van der Waals surface area contributed by atoms with Crippen molar-refractivity contribution in [1.82, 2.24) is 0 Å². The van der Waals surface area contributed by atoms with Crippen LogP contribution in [0.1, 0.15) is 187 Å². The van der Waals surface area contributed by atoms with Gasteiger partial charge in [0, 0.05) is 12.8 Å². The molecule has 5 heteroatoms. The first-order valence-electron chi connectivity index (χ1n) is 23.6. The lowest BCUT2D eigenvalue weighted by Gasteiger charge is -2.15. The van der Waals surface area contributed by atoms with E-state index in [-0.39, 0.29) is 25.2 Å². The predicted molar refractivity (Wildman–Crippen MR) is 255 cm³/mol. The summed E-state index contributed by atoms with van der Waals surface area (Å²) in [6.45, 7) is 3.94. The third kappa shape index (κ3) is 46.9. The second kappa shape index (κ2) is 48.7. The molecule has 0 bridgehead atoms. The van der Waals surface area contributed by atoms with Crippen molar-refractivity contribution in [1.29, 1.82) is 0 Å². The zero-order valence-electron chi connectivity index (χ0n) is 37.7. The summed E-state index contributed by atoms with van der Waals surface area (Å²) in [4.78, 5) is 24.3. The van der Waals surface area contributed by atoms with E-state index in [4.69, 9.17) is 9.47 Å². The van der Waals surface area contributed by atoms with Crippen molar-refractivity contribution in [3.63, 3.8) is 0 Å². The molecule has 1 atom stereocenters. The average Bonchev–Trinajstić information content (AvgIpc) is 3.24. The van der Waals surface area contributed by atoms with Crippen LogP contribution in [-0.4, -0.2) is 36.4 Å². The maximum atomic E-state index is 12.2. The molecule has 5 nitrogen and oxygen atoms in total. The van der Waals surface area contributed by atoms with Gasteiger partial charge in [0.15, 0.2) is 6.10 Å². The van der Waals surface area contributed by atoms with Crippen LogP contribution in [0.5, 0.6) is 0 Å². The molecule has 0 rings (SSSR count).